The van der Waals surface area contributed by atoms with E-state index in [9.17, 15) is 4.79 Å². The molecule has 1 heterocycles. The number of thiazole rings is 1. The minimum absolute atomic E-state index is 0.104. The van der Waals surface area contributed by atoms with Crippen molar-refractivity contribution in [3.05, 3.63) is 82.3 Å². The lowest BCUT2D eigenvalue weighted by Gasteiger charge is -2.11. The molecule has 0 atom stereocenters. The van der Waals surface area contributed by atoms with Crippen LogP contribution in [0.25, 0.3) is 20.8 Å². The van der Waals surface area contributed by atoms with Gasteiger partial charge in [0.1, 0.15) is 5.01 Å². The van der Waals surface area contributed by atoms with Crippen LogP contribution in [0.4, 0.5) is 5.69 Å². The van der Waals surface area contributed by atoms with Crippen molar-refractivity contribution < 1.29 is 4.79 Å². The Morgan fingerprint density at radius 1 is 0.926 bits per heavy atom. The summed E-state index contributed by atoms with van der Waals surface area (Å²) in [6.07, 6.45) is 0.104. The first kappa shape index (κ1) is 18.0. The molecule has 0 aliphatic carbocycles. The summed E-state index contributed by atoms with van der Waals surface area (Å²) in [5, 5.41) is 4.80. The average molecular weight is 413 g/mol. The summed E-state index contributed by atoms with van der Waals surface area (Å²) in [4.78, 5) is 17.3. The first-order valence-corrected chi connectivity index (χ1v) is 9.87. The highest BCUT2D eigenvalue weighted by molar-refractivity contribution is 7.21. The van der Waals surface area contributed by atoms with E-state index in [1.807, 2.05) is 48.5 Å². The Bertz CT molecular complexity index is 1090. The van der Waals surface area contributed by atoms with E-state index in [-0.39, 0.29) is 12.3 Å². The van der Waals surface area contributed by atoms with Crippen LogP contribution in [0.3, 0.4) is 0 Å². The standard InChI is InChI=1S/C21H14Cl2N2OS/c22-15-7-5-8-16(23)14(15)12-20(26)24-17-9-2-1-6-13(17)21-25-18-10-3-4-11-19(18)27-21/h1-11H,12H2,(H,24,26). The number of nitrogens with one attached hydrogen (secondary N) is 1. The van der Waals surface area contributed by atoms with Crippen molar-refractivity contribution in [1.29, 1.82) is 0 Å². The molecule has 3 aromatic carbocycles. The highest BCUT2D eigenvalue weighted by Gasteiger charge is 2.15. The smallest absolute Gasteiger partial charge is 0.228 e. The van der Waals surface area contributed by atoms with Gasteiger partial charge >= 0.3 is 0 Å². The third kappa shape index (κ3) is 3.83. The van der Waals surface area contributed by atoms with Crippen molar-refractivity contribution in [3.63, 3.8) is 0 Å². The van der Waals surface area contributed by atoms with Crippen molar-refractivity contribution in [1.82, 2.24) is 4.98 Å². The molecule has 0 fully saturated rings. The molecule has 0 radical (unpaired) electrons. The predicted molar refractivity (Wildman–Crippen MR) is 114 cm³/mol. The Morgan fingerprint density at radius 2 is 1.63 bits per heavy atom. The van der Waals surface area contributed by atoms with E-state index in [0.29, 0.717) is 21.3 Å². The number of nitrogens with zero attached hydrogens (tertiary/aromatic N) is 1. The first-order chi connectivity index (χ1) is 13.1. The maximum atomic E-state index is 12.6. The molecular formula is C21H14Cl2N2OS. The molecule has 0 saturated carbocycles. The summed E-state index contributed by atoms with van der Waals surface area (Å²) in [5.74, 6) is -0.182. The Labute approximate surface area is 170 Å². The van der Waals surface area contributed by atoms with E-state index in [4.69, 9.17) is 23.2 Å². The maximum absolute atomic E-state index is 12.6. The van der Waals surface area contributed by atoms with Crippen LogP contribution in [0.15, 0.2) is 66.7 Å². The van der Waals surface area contributed by atoms with Crippen LogP contribution in [0.5, 0.6) is 0 Å². The average Bonchev–Trinajstić information content (AvgIpc) is 3.09. The Hall–Kier alpha value is -2.40. The fourth-order valence-electron chi connectivity index (χ4n) is 2.82. The SMILES string of the molecule is O=C(Cc1c(Cl)cccc1Cl)Nc1ccccc1-c1nc2ccccc2s1. The number of anilines is 1. The molecule has 0 aliphatic rings. The van der Waals surface area contributed by atoms with Gasteiger partial charge in [-0.05, 0) is 42.0 Å². The number of fused-ring (bicyclic) bond motifs is 1. The van der Waals surface area contributed by atoms with Gasteiger partial charge in [0.05, 0.1) is 22.3 Å². The van der Waals surface area contributed by atoms with Gasteiger partial charge in [-0.3, -0.25) is 4.79 Å². The maximum Gasteiger partial charge on any atom is 0.228 e. The second kappa shape index (κ2) is 7.69. The third-order valence-electron chi connectivity index (χ3n) is 4.12. The third-order valence-corrected chi connectivity index (χ3v) is 5.90. The normalized spacial score (nSPS) is 10.9. The quantitative estimate of drug-likeness (QED) is 0.418. The molecular weight excluding hydrogens is 399 g/mol. The van der Waals surface area contributed by atoms with Gasteiger partial charge in [0.25, 0.3) is 0 Å². The Morgan fingerprint density at radius 3 is 2.41 bits per heavy atom. The predicted octanol–water partition coefficient (Wildman–Crippen LogP) is 6.45. The topological polar surface area (TPSA) is 42.0 Å². The lowest BCUT2D eigenvalue weighted by Crippen LogP contribution is -2.15. The van der Waals surface area contributed by atoms with Gasteiger partial charge in [-0.1, -0.05) is 53.5 Å². The van der Waals surface area contributed by atoms with Crippen LogP contribution in [0, 0.1) is 0 Å². The monoisotopic (exact) mass is 412 g/mol. The molecule has 27 heavy (non-hydrogen) atoms. The summed E-state index contributed by atoms with van der Waals surface area (Å²) in [6, 6.07) is 20.8. The molecule has 0 aliphatic heterocycles. The number of amides is 1. The van der Waals surface area contributed by atoms with E-state index in [0.717, 1.165) is 20.8 Å². The zero-order valence-electron chi connectivity index (χ0n) is 14.1. The molecule has 134 valence electrons. The molecule has 3 nitrogen and oxygen atoms in total. The Kier molecular flexibility index (Phi) is 5.12. The van der Waals surface area contributed by atoms with Crippen LogP contribution < -0.4 is 5.32 Å². The molecule has 0 spiro atoms. The highest BCUT2D eigenvalue weighted by atomic mass is 35.5. The minimum atomic E-state index is -0.182. The number of rotatable bonds is 4. The van der Waals surface area contributed by atoms with Crippen LogP contribution in [-0.4, -0.2) is 10.9 Å². The fraction of sp³-hybridized carbons (Fsp3) is 0.0476. The molecule has 4 aromatic rings. The number of hydrogen-bond donors (Lipinski definition) is 1. The molecule has 0 saturated heterocycles. The number of carbonyl (C=O) groups is 1. The van der Waals surface area contributed by atoms with Crippen molar-refractivity contribution in [2.45, 2.75) is 6.42 Å². The van der Waals surface area contributed by atoms with Gasteiger partial charge in [-0.15, -0.1) is 11.3 Å². The van der Waals surface area contributed by atoms with Crippen LogP contribution in [0.1, 0.15) is 5.56 Å². The second-order valence-corrected chi connectivity index (χ2v) is 7.80. The van der Waals surface area contributed by atoms with E-state index in [1.165, 1.54) is 0 Å². The fourth-order valence-corrected chi connectivity index (χ4v) is 4.36. The number of para-hydroxylation sites is 2. The van der Waals surface area contributed by atoms with Gasteiger partial charge in [0.2, 0.25) is 5.91 Å². The lowest BCUT2D eigenvalue weighted by atomic mass is 10.1. The first-order valence-electron chi connectivity index (χ1n) is 8.29. The summed E-state index contributed by atoms with van der Waals surface area (Å²) < 4.78 is 1.11. The van der Waals surface area contributed by atoms with Crippen LogP contribution >= 0.6 is 34.5 Å². The van der Waals surface area contributed by atoms with E-state index >= 15 is 0 Å². The van der Waals surface area contributed by atoms with Gasteiger partial charge in [-0.25, -0.2) is 4.98 Å². The Balaban J connectivity index is 1.62. The van der Waals surface area contributed by atoms with Gasteiger partial charge in [-0.2, -0.15) is 0 Å². The number of hydrogen-bond acceptors (Lipinski definition) is 3. The number of halogens is 2. The number of carbonyl (C=O) groups excluding carboxylic acids is 1. The van der Waals surface area contributed by atoms with Crippen molar-refractivity contribution in [3.8, 4) is 10.6 Å². The number of benzene rings is 3. The molecule has 1 aromatic heterocycles. The molecule has 4 rings (SSSR count). The summed E-state index contributed by atoms with van der Waals surface area (Å²) in [6.45, 7) is 0. The van der Waals surface area contributed by atoms with E-state index in [1.54, 1.807) is 29.5 Å². The van der Waals surface area contributed by atoms with E-state index in [2.05, 4.69) is 10.3 Å². The van der Waals surface area contributed by atoms with Crippen LogP contribution in [-0.2, 0) is 11.2 Å². The van der Waals surface area contributed by atoms with Crippen molar-refractivity contribution in [2.75, 3.05) is 5.32 Å². The number of aromatic nitrogens is 1. The zero-order valence-corrected chi connectivity index (χ0v) is 16.4. The second-order valence-electron chi connectivity index (χ2n) is 5.96. The highest BCUT2D eigenvalue weighted by Crippen LogP contribution is 2.34. The molecule has 0 bridgehead atoms. The summed E-state index contributed by atoms with van der Waals surface area (Å²) >= 11 is 13.9. The lowest BCUT2D eigenvalue weighted by molar-refractivity contribution is -0.115. The van der Waals surface area contributed by atoms with Crippen molar-refractivity contribution in [2.24, 2.45) is 0 Å². The van der Waals surface area contributed by atoms with Gasteiger partial charge < -0.3 is 5.32 Å². The van der Waals surface area contributed by atoms with Gasteiger partial charge in [0, 0.05) is 15.6 Å². The van der Waals surface area contributed by atoms with Gasteiger partial charge in [0.15, 0.2) is 0 Å². The van der Waals surface area contributed by atoms with Crippen molar-refractivity contribution >= 4 is 56.3 Å². The minimum Gasteiger partial charge on any atom is -0.325 e. The largest absolute Gasteiger partial charge is 0.325 e. The molecule has 1 N–H and O–H groups in total. The molecule has 1 amide bonds. The summed E-state index contributed by atoms with van der Waals surface area (Å²) in [5.41, 5.74) is 3.17. The zero-order chi connectivity index (χ0) is 18.8. The van der Waals surface area contributed by atoms with E-state index < -0.39 is 0 Å². The van der Waals surface area contributed by atoms with Crippen LogP contribution in [0.2, 0.25) is 10.0 Å². The molecule has 6 heteroatoms. The molecule has 0 unspecified atom stereocenters. The summed E-state index contributed by atoms with van der Waals surface area (Å²) in [7, 11) is 0.